The number of aliphatic hydroxyl groups is 5. The summed E-state index contributed by atoms with van der Waals surface area (Å²) in [5.74, 6) is -1.11. The topological polar surface area (TPSA) is 210 Å². The Morgan fingerprint density at radius 2 is 0.850 bits per heavy atom. The van der Waals surface area contributed by atoms with Gasteiger partial charge in [-0.15, -0.1) is 0 Å². The van der Waals surface area contributed by atoms with Gasteiger partial charge in [-0.2, -0.15) is 0 Å². The van der Waals surface area contributed by atoms with Gasteiger partial charge in [-0.3, -0.25) is 18.6 Å². The molecule has 0 bridgehead atoms. The molecule has 6 N–H and O–H groups in total. The molecule has 0 aromatic carbocycles. The van der Waals surface area contributed by atoms with Crippen LogP contribution < -0.4 is 0 Å². The van der Waals surface area contributed by atoms with Gasteiger partial charge in [0.2, 0.25) is 0 Å². The van der Waals surface area contributed by atoms with Gasteiger partial charge in [-0.25, -0.2) is 4.57 Å². The molecule has 1 fully saturated rings. The Balaban J connectivity index is 2.43. The molecule has 6 unspecified atom stereocenters. The minimum atomic E-state index is -5.12. The minimum Gasteiger partial charge on any atom is -0.462 e. The third-order valence-electron chi connectivity index (χ3n) is 11.0. The highest BCUT2D eigenvalue weighted by Gasteiger charge is 2.51. The number of hydrogen-bond donors (Lipinski definition) is 6. The van der Waals surface area contributed by atoms with Crippen LogP contribution in [-0.2, 0) is 32.7 Å². The van der Waals surface area contributed by atoms with Crippen LogP contribution >= 0.6 is 7.82 Å². The van der Waals surface area contributed by atoms with Crippen molar-refractivity contribution >= 4 is 19.8 Å². The number of aliphatic hydroxyl groups excluding tert-OH is 5. The van der Waals surface area contributed by atoms with E-state index < -0.39 is 75.7 Å². The van der Waals surface area contributed by atoms with E-state index in [2.05, 4.69) is 38.2 Å². The van der Waals surface area contributed by atoms with Crippen LogP contribution in [0.3, 0.4) is 0 Å². The van der Waals surface area contributed by atoms with Gasteiger partial charge in [0, 0.05) is 12.8 Å². The molecule has 0 amide bonds. The summed E-state index contributed by atoms with van der Waals surface area (Å²) < 4.78 is 33.5. The van der Waals surface area contributed by atoms with Crippen LogP contribution in [0.15, 0.2) is 24.3 Å². The SMILES string of the molecule is CCCCC/C=C/CCCCCCCC(=O)OC[C@H](COP(=O)(O)OC1C(O)C(O)C(O)[C@H](O)C1O)OC(=O)CCCCCCCCCCC/C=C/CCCCCCCC. The lowest BCUT2D eigenvalue weighted by Crippen LogP contribution is -2.64. The van der Waals surface area contributed by atoms with Gasteiger partial charge in [0.1, 0.15) is 43.2 Å². The molecule has 0 heterocycles. The van der Waals surface area contributed by atoms with E-state index in [-0.39, 0.29) is 12.8 Å². The predicted octanol–water partition coefficient (Wildman–Crippen LogP) is 9.23. The largest absolute Gasteiger partial charge is 0.472 e. The van der Waals surface area contributed by atoms with E-state index in [9.17, 15) is 44.6 Å². The Morgan fingerprint density at radius 3 is 1.30 bits per heavy atom. The van der Waals surface area contributed by atoms with Crippen molar-refractivity contribution in [1.82, 2.24) is 0 Å². The molecule has 0 aliphatic heterocycles. The molecule has 1 rings (SSSR count). The number of esters is 2. The Labute approximate surface area is 362 Å². The van der Waals surface area contributed by atoms with Crippen molar-refractivity contribution in [2.75, 3.05) is 13.2 Å². The normalized spacial score (nSPS) is 22.3. The van der Waals surface area contributed by atoms with E-state index in [0.29, 0.717) is 12.8 Å². The summed E-state index contributed by atoms with van der Waals surface area (Å²) in [5, 5.41) is 50.1. The molecule has 1 saturated carbocycles. The molecule has 0 spiro atoms. The average molecular weight is 877 g/mol. The van der Waals surface area contributed by atoms with Crippen LogP contribution in [0.2, 0.25) is 0 Å². The zero-order chi connectivity index (χ0) is 44.3. The van der Waals surface area contributed by atoms with Crippen LogP contribution in [0.25, 0.3) is 0 Å². The van der Waals surface area contributed by atoms with Crippen molar-refractivity contribution in [3.63, 3.8) is 0 Å². The second-order valence-electron chi connectivity index (χ2n) is 16.6. The molecule has 352 valence electrons. The lowest BCUT2D eigenvalue weighted by atomic mass is 9.85. The maximum absolute atomic E-state index is 12.8. The van der Waals surface area contributed by atoms with E-state index in [1.54, 1.807) is 0 Å². The highest BCUT2D eigenvalue weighted by molar-refractivity contribution is 7.47. The summed E-state index contributed by atoms with van der Waals surface area (Å²) in [5.41, 5.74) is 0. The number of rotatable bonds is 39. The smallest absolute Gasteiger partial charge is 0.462 e. The number of phosphoric ester groups is 1. The van der Waals surface area contributed by atoms with E-state index in [0.717, 1.165) is 70.6 Å². The van der Waals surface area contributed by atoms with Crippen molar-refractivity contribution in [2.24, 2.45) is 0 Å². The number of unbranched alkanes of at least 4 members (excludes halogenated alkanes) is 23. The highest BCUT2D eigenvalue weighted by Crippen LogP contribution is 2.47. The number of carbonyl (C=O) groups excluding carboxylic acids is 2. The van der Waals surface area contributed by atoms with Crippen molar-refractivity contribution in [1.29, 1.82) is 0 Å². The highest BCUT2D eigenvalue weighted by atomic mass is 31.2. The molecule has 1 aliphatic carbocycles. The fraction of sp³-hybridized carbons (Fsp3) is 0.870. The molecular formula is C46H85O13P. The second kappa shape index (κ2) is 36.8. The standard InChI is InChI=1S/C46H85O13P/c1-3-5-7-9-11-13-15-17-18-19-20-21-22-23-25-27-29-31-33-35-40(48)58-38(36-56-39(47)34-32-30-28-26-24-16-14-12-10-8-6-4-2)37-57-60(54,55)59-46-44(52)42(50)41(49)43(51)45(46)53/h12,14,17-18,38,41-46,49-53H,3-11,13,15-16,19-37H2,1-2H3,(H,54,55)/b14-12+,18-17+/t38-,41?,42+,43?,44?,45?,46?/m1/s1. The summed E-state index contributed by atoms with van der Waals surface area (Å²) in [6.07, 6.45) is 26.6. The van der Waals surface area contributed by atoms with Gasteiger partial charge in [-0.1, -0.05) is 147 Å². The summed E-state index contributed by atoms with van der Waals surface area (Å²) in [6, 6.07) is 0. The summed E-state index contributed by atoms with van der Waals surface area (Å²) in [6.45, 7) is 3.27. The number of phosphoric acid groups is 1. The van der Waals surface area contributed by atoms with E-state index in [4.69, 9.17) is 18.5 Å². The fourth-order valence-electron chi connectivity index (χ4n) is 7.16. The first-order chi connectivity index (χ1) is 28.9. The van der Waals surface area contributed by atoms with Gasteiger partial charge in [0.05, 0.1) is 6.61 Å². The Kier molecular flexibility index (Phi) is 34.5. The molecule has 8 atom stereocenters. The van der Waals surface area contributed by atoms with E-state index >= 15 is 0 Å². The molecule has 1 aliphatic rings. The maximum atomic E-state index is 12.8. The quantitative estimate of drug-likeness (QED) is 0.0147. The number of carbonyl (C=O) groups is 2. The molecule has 13 nitrogen and oxygen atoms in total. The molecule has 0 radical (unpaired) electrons. The Hall–Kier alpha value is -1.67. The lowest BCUT2D eigenvalue weighted by molar-refractivity contribution is -0.220. The summed E-state index contributed by atoms with van der Waals surface area (Å²) in [4.78, 5) is 35.7. The predicted molar refractivity (Wildman–Crippen MR) is 235 cm³/mol. The Bertz CT molecular complexity index is 1150. The van der Waals surface area contributed by atoms with Gasteiger partial charge in [0.25, 0.3) is 0 Å². The fourth-order valence-corrected chi connectivity index (χ4v) is 8.13. The molecule has 14 heteroatoms. The van der Waals surface area contributed by atoms with Crippen molar-refractivity contribution < 1.29 is 63.1 Å². The van der Waals surface area contributed by atoms with Crippen molar-refractivity contribution in [3.8, 4) is 0 Å². The summed E-state index contributed by atoms with van der Waals surface area (Å²) in [7, 11) is -5.12. The van der Waals surface area contributed by atoms with Gasteiger partial charge in [0.15, 0.2) is 6.10 Å². The van der Waals surface area contributed by atoms with Crippen LogP contribution in [0.5, 0.6) is 0 Å². The minimum absolute atomic E-state index is 0.0946. The Morgan fingerprint density at radius 1 is 0.500 bits per heavy atom. The van der Waals surface area contributed by atoms with E-state index in [1.807, 2.05) is 0 Å². The molecule has 0 aromatic rings. The van der Waals surface area contributed by atoms with Crippen LogP contribution in [0, 0.1) is 0 Å². The molecule has 0 aromatic heterocycles. The average Bonchev–Trinajstić information content (AvgIpc) is 3.23. The zero-order valence-corrected chi connectivity index (χ0v) is 38.2. The van der Waals surface area contributed by atoms with Crippen molar-refractivity contribution in [2.45, 2.75) is 243 Å². The van der Waals surface area contributed by atoms with E-state index in [1.165, 1.54) is 89.9 Å². The molecular weight excluding hydrogens is 791 g/mol. The third kappa shape index (κ3) is 28.8. The monoisotopic (exact) mass is 877 g/mol. The van der Waals surface area contributed by atoms with Crippen LogP contribution in [0.1, 0.15) is 200 Å². The zero-order valence-electron chi connectivity index (χ0n) is 37.3. The number of allylic oxidation sites excluding steroid dienone is 4. The van der Waals surface area contributed by atoms with Gasteiger partial charge < -0.3 is 39.9 Å². The summed E-state index contributed by atoms with van der Waals surface area (Å²) >= 11 is 0. The molecule has 0 saturated heterocycles. The van der Waals surface area contributed by atoms with Gasteiger partial charge in [-0.05, 0) is 64.2 Å². The van der Waals surface area contributed by atoms with Crippen molar-refractivity contribution in [3.05, 3.63) is 24.3 Å². The second-order valence-corrected chi connectivity index (χ2v) is 18.0. The number of ether oxygens (including phenoxy) is 2. The lowest BCUT2D eigenvalue weighted by Gasteiger charge is -2.41. The van der Waals surface area contributed by atoms with Crippen LogP contribution in [0.4, 0.5) is 0 Å². The maximum Gasteiger partial charge on any atom is 0.472 e. The first kappa shape index (κ1) is 56.3. The first-order valence-electron chi connectivity index (χ1n) is 23.6. The van der Waals surface area contributed by atoms with Crippen LogP contribution in [-0.4, -0.2) is 98.3 Å². The first-order valence-corrected chi connectivity index (χ1v) is 25.1. The third-order valence-corrected chi connectivity index (χ3v) is 12.0. The van der Waals surface area contributed by atoms with Gasteiger partial charge >= 0.3 is 19.8 Å². The number of hydrogen-bond acceptors (Lipinski definition) is 12. The molecule has 60 heavy (non-hydrogen) atoms.